The predicted molar refractivity (Wildman–Crippen MR) is 345 cm³/mol. The van der Waals surface area contributed by atoms with Gasteiger partial charge in [0.15, 0.2) is 22.8 Å². The van der Waals surface area contributed by atoms with E-state index in [0.29, 0.717) is 28.7 Å². The lowest BCUT2D eigenvalue weighted by molar-refractivity contribution is -0.187. The summed E-state index contributed by atoms with van der Waals surface area (Å²) in [4.78, 5) is 88.3. The zero-order valence-electron chi connectivity index (χ0n) is 48.5. The molecule has 0 amide bonds. The van der Waals surface area contributed by atoms with Gasteiger partial charge in [-0.05, 0) is 120 Å². The molecule has 8 aromatic rings. The van der Waals surface area contributed by atoms with Crippen LogP contribution in [0.2, 0.25) is 0 Å². The van der Waals surface area contributed by atoms with Crippen molar-refractivity contribution in [3.05, 3.63) is 270 Å². The first-order chi connectivity index (χ1) is 40.1. The molecular weight excluding hydrogens is 1090 g/mol. The molecule has 0 fully saturated rings. The molecule has 0 radical (unpaired) electrons. The van der Waals surface area contributed by atoms with Crippen LogP contribution in [0.1, 0.15) is 102 Å². The molecule has 432 valence electrons. The molecule has 7 aromatic carbocycles. The summed E-state index contributed by atoms with van der Waals surface area (Å²) in [7, 11) is 1.35. The number of benzene rings is 7. The van der Waals surface area contributed by atoms with Crippen LogP contribution in [0.5, 0.6) is 0 Å². The molecule has 0 unspecified atom stereocenters. The van der Waals surface area contributed by atoms with Gasteiger partial charge in [-0.3, -0.25) is 24.0 Å². The number of fused-ring (bicyclic) bond motifs is 2. The third-order valence-corrected chi connectivity index (χ3v) is 11.2. The number of aliphatic hydroxyl groups is 1. The van der Waals surface area contributed by atoms with Crippen LogP contribution < -0.4 is 5.43 Å². The van der Waals surface area contributed by atoms with Crippen molar-refractivity contribution < 1.29 is 48.4 Å². The number of carbonyl (C=O) groups excluding carboxylic acids is 6. The van der Waals surface area contributed by atoms with Crippen LogP contribution in [-0.4, -0.2) is 53.1 Å². The van der Waals surface area contributed by atoms with Crippen molar-refractivity contribution in [1.82, 2.24) is 0 Å². The zero-order valence-corrected chi connectivity index (χ0v) is 50.2. The molecule has 1 heterocycles. The quantitative estimate of drug-likeness (QED) is 0.0162. The molecule has 1 N–H and O–H groups in total. The molecule has 13 heteroatoms. The summed E-state index contributed by atoms with van der Waals surface area (Å²) in [5, 5.41) is 10.9. The zero-order chi connectivity index (χ0) is 63.3. The lowest BCUT2D eigenvalue weighted by atomic mass is 9.97. The summed E-state index contributed by atoms with van der Waals surface area (Å²) in [5.41, 5.74) is 2.09. The molecule has 0 aliphatic heterocycles. The van der Waals surface area contributed by atoms with E-state index in [1.165, 1.54) is 34.0 Å². The summed E-state index contributed by atoms with van der Waals surface area (Å²) >= 11 is 5.91. The Bertz CT molecular complexity index is 3440. The van der Waals surface area contributed by atoms with Gasteiger partial charge in [0, 0.05) is 41.8 Å². The second-order valence-electron chi connectivity index (χ2n) is 17.0. The number of ether oxygens (including phenoxy) is 1. The number of methoxy groups -OCH3 is 1. The van der Waals surface area contributed by atoms with E-state index in [1.807, 2.05) is 116 Å². The van der Waals surface area contributed by atoms with Crippen molar-refractivity contribution in [2.45, 2.75) is 65.4 Å². The van der Waals surface area contributed by atoms with Gasteiger partial charge in [0.2, 0.25) is 0 Å². The monoisotopic (exact) mass is 1160 g/mol. The molecule has 0 aliphatic carbocycles. The topological polar surface area (TPSA) is 167 Å². The van der Waals surface area contributed by atoms with E-state index >= 15 is 0 Å². The third-order valence-electron chi connectivity index (χ3n) is 9.77. The third kappa shape index (κ3) is 31.2. The highest BCUT2D eigenvalue weighted by atomic mass is 32.1. The van der Waals surface area contributed by atoms with Crippen LogP contribution >= 0.6 is 24.0 Å². The van der Waals surface area contributed by atoms with Gasteiger partial charge in [-0.25, -0.2) is 19.4 Å². The van der Waals surface area contributed by atoms with E-state index in [2.05, 4.69) is 77.0 Å². The summed E-state index contributed by atoms with van der Waals surface area (Å²) in [6.45, 7) is 21.5. The van der Waals surface area contributed by atoms with Crippen molar-refractivity contribution in [3.63, 3.8) is 0 Å². The fraction of sp³-hybridized carbons (Fsp3) is 0.141. The molecule has 11 nitrogen and oxygen atoms in total. The molecule has 0 bridgehead atoms. The van der Waals surface area contributed by atoms with Gasteiger partial charge in [-0.2, -0.15) is 0 Å². The Labute approximate surface area is 503 Å². The first-order valence-corrected chi connectivity index (χ1v) is 26.7. The Morgan fingerprint density at radius 1 is 0.619 bits per heavy atom. The van der Waals surface area contributed by atoms with Gasteiger partial charge in [-0.1, -0.05) is 164 Å². The van der Waals surface area contributed by atoms with Gasteiger partial charge < -0.3 is 9.84 Å². The van der Waals surface area contributed by atoms with Crippen LogP contribution in [0.3, 0.4) is 0 Å². The van der Waals surface area contributed by atoms with Crippen molar-refractivity contribution in [1.29, 1.82) is 0 Å². The smallest absolute Gasteiger partial charge is 0.386 e. The number of allylic oxidation sites excluding steroid dienone is 2. The minimum absolute atomic E-state index is 0.0648. The molecule has 0 saturated heterocycles. The van der Waals surface area contributed by atoms with E-state index in [1.54, 1.807) is 123 Å². The molecule has 1 aromatic heterocycles. The van der Waals surface area contributed by atoms with Crippen LogP contribution in [0.4, 0.5) is 0 Å². The van der Waals surface area contributed by atoms with Crippen LogP contribution in [-0.2, 0) is 24.1 Å². The van der Waals surface area contributed by atoms with E-state index < -0.39 is 17.5 Å². The summed E-state index contributed by atoms with van der Waals surface area (Å²) < 4.78 is 6.33. The predicted octanol–water partition coefficient (Wildman–Crippen LogP) is 15.2. The molecule has 8 rings (SSSR count). The lowest BCUT2D eigenvalue weighted by Crippen LogP contribution is -2.30. The summed E-state index contributed by atoms with van der Waals surface area (Å²) in [6, 6.07) is 57.4. The molecule has 0 saturated carbocycles. The van der Waals surface area contributed by atoms with E-state index in [0.717, 1.165) is 36.2 Å². The van der Waals surface area contributed by atoms with Crippen molar-refractivity contribution in [2.24, 2.45) is 0 Å². The number of Topliss-reactive ketones (excluding diaryl/α,β-unsaturated/α-hetero) is 2. The normalized spacial score (nSPS) is 9.00. The molecule has 0 spiro atoms. The van der Waals surface area contributed by atoms with Gasteiger partial charge >= 0.3 is 17.9 Å². The van der Waals surface area contributed by atoms with Crippen molar-refractivity contribution in [2.75, 3.05) is 7.11 Å². The fourth-order valence-corrected chi connectivity index (χ4v) is 6.93. The Morgan fingerprint density at radius 2 is 0.976 bits per heavy atom. The molecular formula is C71H70O11S2. The average Bonchev–Trinajstić information content (AvgIpc) is 2.97. The van der Waals surface area contributed by atoms with Gasteiger partial charge in [0.1, 0.15) is 5.60 Å². The van der Waals surface area contributed by atoms with Crippen molar-refractivity contribution >= 4 is 79.4 Å². The summed E-state index contributed by atoms with van der Waals surface area (Å²) in [5.74, 6) is 7.56. The maximum absolute atomic E-state index is 12.2. The molecule has 0 aliphatic rings. The highest BCUT2D eigenvalue weighted by molar-refractivity contribution is 7.80. The standard InChI is InChI=1S/C14H10O4.C13H8OS2.C13H10O.C10H12O2.C5H8O2.C5H8O.C5H4.C3H6.C3H4/c15-13(11-7-3-1-4-8-11)17-18-14(16)12-9-5-2-6-10-12;14-13-9-3-1-2-4-11(9)16-12-6-5-8(15)7-10(12)13;14-13(11-7-3-1-4-8-11)12-9-5-2-6-10-12;1-10(2,12)9(11)8-6-4-3-5-7-8;1-3-4-5(6)7-2;1-4(2)5(3)6;1-3-5-4-2;2*1-3-2/h1-10H;1-7,15H;1-10H;3-7,12H,1-2H3;3H,1,4H2,2H3;1H2,2-3H3;1H,2H3;3H,1H2,2H3;1H,2H3. The fourth-order valence-electron chi connectivity index (χ4n) is 5.67. The van der Waals surface area contributed by atoms with E-state index in [-0.39, 0.29) is 28.7 Å². The second-order valence-corrected chi connectivity index (χ2v) is 18.6. The number of rotatable bonds is 9. The number of esters is 1. The Hall–Kier alpha value is -9.94. The number of thiol groups is 1. The first-order valence-electron chi connectivity index (χ1n) is 25.4. The highest BCUT2D eigenvalue weighted by Gasteiger charge is 2.24. The average molecular weight is 1160 g/mol. The van der Waals surface area contributed by atoms with Crippen LogP contribution in [0, 0.1) is 36.5 Å². The number of ketones is 3. The van der Waals surface area contributed by atoms with Gasteiger partial charge in [0.05, 0.1) is 24.7 Å². The van der Waals surface area contributed by atoms with Crippen molar-refractivity contribution in [3.8, 4) is 36.5 Å². The van der Waals surface area contributed by atoms with Gasteiger partial charge in [0.25, 0.3) is 0 Å². The molecule has 84 heavy (non-hydrogen) atoms. The van der Waals surface area contributed by atoms with Crippen LogP contribution in [0.15, 0.2) is 241 Å². The number of terminal acetylenes is 2. The Kier molecular flexibility index (Phi) is 38.6. The summed E-state index contributed by atoms with van der Waals surface area (Å²) in [6.07, 6.45) is 12.9. The van der Waals surface area contributed by atoms with Gasteiger partial charge in [-0.15, -0.1) is 55.9 Å². The number of hydrogen-bond acceptors (Lipinski definition) is 13. The van der Waals surface area contributed by atoms with E-state index in [9.17, 15) is 38.7 Å². The van der Waals surface area contributed by atoms with Crippen LogP contribution in [0.25, 0.3) is 20.2 Å². The van der Waals surface area contributed by atoms with E-state index in [4.69, 9.17) is 6.42 Å². The minimum Gasteiger partial charge on any atom is -0.469 e. The SMILES string of the molecule is C#CC.C#CC#CC.C=C(C)C(C)=O.C=CC.C=CCC(=O)OC.CC(C)(O)C(=O)c1ccccc1.O=C(OOC(=O)c1ccccc1)c1ccccc1.O=C(c1ccccc1)c1ccccc1.O=c1c2ccccc2sc2ccc(S)cc12. The first kappa shape index (κ1) is 74.1. The maximum Gasteiger partial charge on any atom is 0.386 e. The maximum atomic E-state index is 12.2. The Balaban J connectivity index is 0.000000976. The lowest BCUT2D eigenvalue weighted by Gasteiger charge is -2.14. The largest absolute Gasteiger partial charge is 0.469 e. The number of hydrogen-bond donors (Lipinski definition) is 2. The Morgan fingerprint density at radius 3 is 1.30 bits per heavy atom. The highest BCUT2D eigenvalue weighted by Crippen LogP contribution is 2.26. The number of carbonyl (C=O) groups is 6. The second kappa shape index (κ2) is 43.8. The minimum atomic E-state index is -1.28. The molecule has 0 atom stereocenters.